The Labute approximate surface area is 109 Å². The Morgan fingerprint density at radius 2 is 2.22 bits per heavy atom. The van der Waals surface area contributed by atoms with Crippen molar-refractivity contribution in [3.05, 3.63) is 41.2 Å². The monoisotopic (exact) mass is 262 g/mol. The van der Waals surface area contributed by atoms with Crippen molar-refractivity contribution in [3.63, 3.8) is 0 Å². The lowest BCUT2D eigenvalue weighted by molar-refractivity contribution is 0.0939. The van der Waals surface area contributed by atoms with E-state index in [1.807, 2.05) is 19.1 Å². The van der Waals surface area contributed by atoms with E-state index < -0.39 is 0 Å². The number of aromatic nitrogens is 2. The van der Waals surface area contributed by atoms with Crippen LogP contribution >= 0.6 is 11.3 Å². The Morgan fingerprint density at radius 3 is 2.78 bits per heavy atom. The molecular weight excluding hydrogens is 248 g/mol. The van der Waals surface area contributed by atoms with E-state index in [2.05, 4.69) is 15.3 Å². The molecule has 0 spiro atoms. The van der Waals surface area contributed by atoms with E-state index in [1.54, 1.807) is 12.4 Å². The van der Waals surface area contributed by atoms with Gasteiger partial charge >= 0.3 is 0 Å². The van der Waals surface area contributed by atoms with Crippen molar-refractivity contribution >= 4 is 22.4 Å². The summed E-state index contributed by atoms with van der Waals surface area (Å²) in [4.78, 5) is 20.4. The zero-order valence-corrected chi connectivity index (χ0v) is 10.8. The van der Waals surface area contributed by atoms with Crippen LogP contribution in [0.3, 0.4) is 0 Å². The van der Waals surface area contributed by atoms with Crippen molar-refractivity contribution in [1.29, 1.82) is 0 Å². The fourth-order valence-corrected chi connectivity index (χ4v) is 2.23. The van der Waals surface area contributed by atoms with Gasteiger partial charge in [0, 0.05) is 12.4 Å². The number of nitrogen functional groups attached to an aromatic ring is 1. The predicted octanol–water partition coefficient (Wildman–Crippen LogP) is 2.00. The van der Waals surface area contributed by atoms with Gasteiger partial charge in [0.1, 0.15) is 4.88 Å². The first-order valence-electron chi connectivity index (χ1n) is 5.62. The Kier molecular flexibility index (Phi) is 3.88. The number of thiazole rings is 1. The van der Waals surface area contributed by atoms with Gasteiger partial charge in [-0.3, -0.25) is 9.78 Å². The molecule has 1 amide bonds. The van der Waals surface area contributed by atoms with Crippen LogP contribution in [0.5, 0.6) is 0 Å². The van der Waals surface area contributed by atoms with Crippen molar-refractivity contribution in [2.45, 2.75) is 19.4 Å². The third kappa shape index (κ3) is 2.84. The second kappa shape index (κ2) is 5.59. The van der Waals surface area contributed by atoms with Crippen LogP contribution in [0.4, 0.5) is 5.13 Å². The number of nitrogens with two attached hydrogens (primary N) is 1. The number of rotatable bonds is 4. The molecule has 0 aliphatic heterocycles. The van der Waals surface area contributed by atoms with Crippen LogP contribution in [0, 0.1) is 0 Å². The van der Waals surface area contributed by atoms with Gasteiger partial charge in [0.25, 0.3) is 5.91 Å². The SMILES string of the molecule is CC[C@H](NC(=O)c1cnc(N)s1)c1ccncc1. The van der Waals surface area contributed by atoms with Gasteiger partial charge in [-0.25, -0.2) is 4.98 Å². The second-order valence-electron chi connectivity index (χ2n) is 3.78. The maximum atomic E-state index is 12.0. The van der Waals surface area contributed by atoms with Crippen LogP contribution in [0.25, 0.3) is 0 Å². The topological polar surface area (TPSA) is 80.9 Å². The minimum absolute atomic E-state index is 0.0242. The number of carbonyl (C=O) groups is 1. The maximum Gasteiger partial charge on any atom is 0.263 e. The van der Waals surface area contributed by atoms with Gasteiger partial charge in [-0.2, -0.15) is 0 Å². The van der Waals surface area contributed by atoms with E-state index in [-0.39, 0.29) is 11.9 Å². The van der Waals surface area contributed by atoms with Crippen molar-refractivity contribution in [3.8, 4) is 0 Å². The van der Waals surface area contributed by atoms with E-state index in [0.29, 0.717) is 10.0 Å². The van der Waals surface area contributed by atoms with Gasteiger partial charge in [-0.05, 0) is 24.1 Å². The smallest absolute Gasteiger partial charge is 0.263 e. The quantitative estimate of drug-likeness (QED) is 0.883. The number of hydrogen-bond acceptors (Lipinski definition) is 5. The first kappa shape index (κ1) is 12.5. The van der Waals surface area contributed by atoms with Gasteiger partial charge in [-0.1, -0.05) is 18.3 Å². The summed E-state index contributed by atoms with van der Waals surface area (Å²) in [5.41, 5.74) is 6.55. The van der Waals surface area contributed by atoms with Crippen LogP contribution in [0.15, 0.2) is 30.7 Å². The van der Waals surface area contributed by atoms with Crippen LogP contribution < -0.4 is 11.1 Å². The zero-order valence-electron chi connectivity index (χ0n) is 9.96. The van der Waals surface area contributed by atoms with Crippen LogP contribution in [-0.2, 0) is 0 Å². The summed E-state index contributed by atoms with van der Waals surface area (Å²) >= 11 is 1.19. The fraction of sp³-hybridized carbons (Fsp3) is 0.250. The highest BCUT2D eigenvalue weighted by Gasteiger charge is 2.15. The molecule has 2 rings (SSSR count). The van der Waals surface area contributed by atoms with Crippen LogP contribution in [0.1, 0.15) is 34.6 Å². The lowest BCUT2D eigenvalue weighted by atomic mass is 10.1. The number of carbonyl (C=O) groups excluding carboxylic acids is 1. The average Bonchev–Trinajstić information content (AvgIpc) is 2.83. The predicted molar refractivity (Wildman–Crippen MR) is 71.3 cm³/mol. The Hall–Kier alpha value is -1.95. The molecule has 3 N–H and O–H groups in total. The highest BCUT2D eigenvalue weighted by molar-refractivity contribution is 7.17. The Morgan fingerprint density at radius 1 is 1.50 bits per heavy atom. The van der Waals surface area contributed by atoms with E-state index in [4.69, 9.17) is 5.73 Å². The molecule has 1 atom stereocenters. The molecule has 0 fully saturated rings. The third-order valence-corrected chi connectivity index (χ3v) is 3.39. The average molecular weight is 262 g/mol. The molecule has 5 nitrogen and oxygen atoms in total. The molecular formula is C12H14N4OS. The summed E-state index contributed by atoms with van der Waals surface area (Å²) in [6.07, 6.45) is 5.74. The molecule has 2 aromatic heterocycles. The normalized spacial score (nSPS) is 12.1. The van der Waals surface area contributed by atoms with Gasteiger partial charge in [-0.15, -0.1) is 0 Å². The third-order valence-electron chi connectivity index (χ3n) is 2.57. The molecule has 0 aliphatic rings. The Bertz CT molecular complexity index is 526. The second-order valence-corrected chi connectivity index (χ2v) is 4.84. The summed E-state index contributed by atoms with van der Waals surface area (Å²) in [5.74, 6) is -0.145. The van der Waals surface area contributed by atoms with Crippen LogP contribution in [0.2, 0.25) is 0 Å². The highest BCUT2D eigenvalue weighted by atomic mass is 32.1. The summed E-state index contributed by atoms with van der Waals surface area (Å²) in [6.45, 7) is 2.02. The summed E-state index contributed by atoms with van der Waals surface area (Å²) < 4.78 is 0. The largest absolute Gasteiger partial charge is 0.375 e. The zero-order chi connectivity index (χ0) is 13.0. The van der Waals surface area contributed by atoms with E-state index in [1.165, 1.54) is 17.5 Å². The molecule has 6 heteroatoms. The number of amides is 1. The molecule has 18 heavy (non-hydrogen) atoms. The molecule has 0 aromatic carbocycles. The number of nitrogens with one attached hydrogen (secondary N) is 1. The minimum Gasteiger partial charge on any atom is -0.375 e. The highest BCUT2D eigenvalue weighted by Crippen LogP contribution is 2.19. The minimum atomic E-state index is -0.145. The van der Waals surface area contributed by atoms with Gasteiger partial charge in [0.15, 0.2) is 5.13 Å². The first-order valence-corrected chi connectivity index (χ1v) is 6.44. The molecule has 0 saturated heterocycles. The molecule has 2 aromatic rings. The number of nitrogens with zero attached hydrogens (tertiary/aromatic N) is 2. The molecule has 94 valence electrons. The maximum absolute atomic E-state index is 12.0. The summed E-state index contributed by atoms with van der Waals surface area (Å²) in [7, 11) is 0. The fourth-order valence-electron chi connectivity index (χ4n) is 1.64. The van der Waals surface area contributed by atoms with E-state index in [0.717, 1.165) is 12.0 Å². The number of hydrogen-bond donors (Lipinski definition) is 2. The number of anilines is 1. The lowest BCUT2D eigenvalue weighted by Crippen LogP contribution is -2.27. The van der Waals surface area contributed by atoms with Gasteiger partial charge in [0.2, 0.25) is 0 Å². The summed E-state index contributed by atoms with van der Waals surface area (Å²) in [6, 6.07) is 3.77. The van der Waals surface area contributed by atoms with Gasteiger partial charge < -0.3 is 11.1 Å². The van der Waals surface area contributed by atoms with Crippen molar-refractivity contribution in [1.82, 2.24) is 15.3 Å². The number of pyridine rings is 1. The molecule has 0 unspecified atom stereocenters. The molecule has 2 heterocycles. The van der Waals surface area contributed by atoms with E-state index >= 15 is 0 Å². The van der Waals surface area contributed by atoms with Gasteiger partial charge in [0.05, 0.1) is 12.2 Å². The molecule has 0 bridgehead atoms. The standard InChI is InChI=1S/C12H14N4OS/c1-2-9(8-3-5-14-6-4-8)16-11(17)10-7-15-12(13)18-10/h3-7,9H,2H2,1H3,(H2,13,15)(H,16,17)/t9-/m0/s1. The van der Waals surface area contributed by atoms with Crippen molar-refractivity contribution < 1.29 is 4.79 Å². The van der Waals surface area contributed by atoms with Crippen molar-refractivity contribution in [2.75, 3.05) is 5.73 Å². The first-order chi connectivity index (χ1) is 8.70. The van der Waals surface area contributed by atoms with E-state index in [9.17, 15) is 4.79 Å². The lowest BCUT2D eigenvalue weighted by Gasteiger charge is -2.16. The summed E-state index contributed by atoms with van der Waals surface area (Å²) in [5, 5.41) is 3.36. The molecule has 0 aliphatic carbocycles. The molecule has 0 saturated carbocycles. The van der Waals surface area contributed by atoms with Crippen molar-refractivity contribution in [2.24, 2.45) is 0 Å². The molecule has 0 radical (unpaired) electrons. The Balaban J connectivity index is 2.10. The van der Waals surface area contributed by atoms with Crippen LogP contribution in [-0.4, -0.2) is 15.9 Å².